The molecular formula is C20H20. The molecule has 0 aliphatic heterocycles. The van der Waals surface area contributed by atoms with Crippen molar-refractivity contribution >= 4 is 0 Å². The molecular weight excluding hydrogens is 240 g/mol. The van der Waals surface area contributed by atoms with Gasteiger partial charge in [0, 0.05) is 0 Å². The van der Waals surface area contributed by atoms with Crippen LogP contribution in [0.4, 0.5) is 0 Å². The quantitative estimate of drug-likeness (QED) is 0.603. The lowest BCUT2D eigenvalue weighted by Gasteiger charge is -2.04. The van der Waals surface area contributed by atoms with Crippen molar-refractivity contribution in [1.82, 2.24) is 0 Å². The lowest BCUT2D eigenvalue weighted by Crippen LogP contribution is -1.89. The Bertz CT molecular complexity index is 528. The predicted molar refractivity (Wildman–Crippen MR) is 86.0 cm³/mol. The van der Waals surface area contributed by atoms with E-state index < -0.39 is 0 Å². The number of hydrogen-bond donors (Lipinski definition) is 0. The number of hydrogen-bond acceptors (Lipinski definition) is 0. The van der Waals surface area contributed by atoms with Crippen molar-refractivity contribution in [3.05, 3.63) is 95.1 Å². The van der Waals surface area contributed by atoms with Gasteiger partial charge in [-0.05, 0) is 47.9 Å². The maximum absolute atomic E-state index is 2.32. The Morgan fingerprint density at radius 3 is 1.05 bits per heavy atom. The molecule has 20 heavy (non-hydrogen) atoms. The molecule has 3 rings (SSSR count). The van der Waals surface area contributed by atoms with Gasteiger partial charge in [0.2, 0.25) is 0 Å². The summed E-state index contributed by atoms with van der Waals surface area (Å²) in [5, 5.41) is 0. The van der Waals surface area contributed by atoms with Crippen LogP contribution in [0.3, 0.4) is 0 Å². The Kier molecular flexibility index (Phi) is 4.13. The van der Waals surface area contributed by atoms with Gasteiger partial charge in [-0.1, -0.05) is 72.8 Å². The van der Waals surface area contributed by atoms with E-state index in [2.05, 4.69) is 72.8 Å². The molecule has 1 aliphatic rings. The molecule has 0 nitrogen and oxygen atoms in total. The minimum absolute atomic E-state index is 1.03. The van der Waals surface area contributed by atoms with Crippen LogP contribution in [-0.2, 0) is 25.7 Å². The van der Waals surface area contributed by atoms with Gasteiger partial charge < -0.3 is 0 Å². The molecule has 0 atom stereocenters. The van der Waals surface area contributed by atoms with E-state index in [4.69, 9.17) is 0 Å². The fourth-order valence-electron chi connectivity index (χ4n) is 2.64. The summed E-state index contributed by atoms with van der Waals surface area (Å²) >= 11 is 0. The van der Waals surface area contributed by atoms with Crippen molar-refractivity contribution in [3.8, 4) is 0 Å². The minimum Gasteiger partial charge on any atom is -0.0838 e. The van der Waals surface area contributed by atoms with E-state index in [1.54, 1.807) is 0 Å². The summed E-state index contributed by atoms with van der Waals surface area (Å²) in [6.45, 7) is 0. The highest BCUT2D eigenvalue weighted by molar-refractivity contribution is 5.29. The zero-order valence-corrected chi connectivity index (χ0v) is 11.8. The van der Waals surface area contributed by atoms with Gasteiger partial charge in [-0.15, -0.1) is 0 Å². The van der Waals surface area contributed by atoms with Gasteiger partial charge in [0.05, 0.1) is 0 Å². The number of benzene rings is 2. The fraction of sp³-hybridized carbons (Fsp3) is 0.200. The molecule has 0 heteroatoms. The predicted octanol–water partition coefficient (Wildman–Crippen LogP) is 4.68. The monoisotopic (exact) mass is 260 g/mol. The van der Waals surface area contributed by atoms with Crippen LogP contribution in [0.5, 0.6) is 0 Å². The largest absolute Gasteiger partial charge is 0.0838 e. The summed E-state index contributed by atoms with van der Waals surface area (Å²) in [6.07, 6.45) is 13.2. The Morgan fingerprint density at radius 1 is 0.450 bits per heavy atom. The van der Waals surface area contributed by atoms with E-state index in [-0.39, 0.29) is 0 Å². The summed E-state index contributed by atoms with van der Waals surface area (Å²) in [5.74, 6) is 0. The van der Waals surface area contributed by atoms with Crippen LogP contribution in [0, 0.1) is 0 Å². The molecule has 0 radical (unpaired) electrons. The third-order valence-corrected chi connectivity index (χ3v) is 3.73. The zero-order chi connectivity index (χ0) is 13.6. The highest BCUT2D eigenvalue weighted by Gasteiger charge is 1.96. The van der Waals surface area contributed by atoms with Crippen molar-refractivity contribution in [3.63, 3.8) is 0 Å². The van der Waals surface area contributed by atoms with Crippen molar-refractivity contribution in [2.45, 2.75) is 25.7 Å². The molecule has 2 aromatic carbocycles. The van der Waals surface area contributed by atoms with Crippen molar-refractivity contribution in [2.24, 2.45) is 0 Å². The highest BCUT2D eigenvalue weighted by Crippen LogP contribution is 2.12. The SMILES string of the molecule is C1=C\Cc2cccc(c2)C/C=C\Cc2cccc(c2)C/1. The molecule has 2 aromatic rings. The van der Waals surface area contributed by atoms with Crippen molar-refractivity contribution in [1.29, 1.82) is 0 Å². The van der Waals surface area contributed by atoms with Crippen molar-refractivity contribution in [2.75, 3.05) is 0 Å². The van der Waals surface area contributed by atoms with Crippen LogP contribution < -0.4 is 0 Å². The van der Waals surface area contributed by atoms with E-state index in [9.17, 15) is 0 Å². The lowest BCUT2D eigenvalue weighted by molar-refractivity contribution is 1.14. The lowest BCUT2D eigenvalue weighted by atomic mass is 10.0. The van der Waals surface area contributed by atoms with Crippen molar-refractivity contribution < 1.29 is 0 Å². The Balaban J connectivity index is 1.86. The number of allylic oxidation sites excluding steroid dienone is 4. The maximum Gasteiger partial charge on any atom is -0.00972 e. The van der Waals surface area contributed by atoms with Crippen LogP contribution >= 0.6 is 0 Å². The molecule has 4 bridgehead atoms. The van der Waals surface area contributed by atoms with Gasteiger partial charge in [-0.25, -0.2) is 0 Å². The second kappa shape index (κ2) is 6.38. The summed E-state index contributed by atoms with van der Waals surface area (Å²) in [4.78, 5) is 0. The molecule has 0 saturated carbocycles. The number of rotatable bonds is 0. The van der Waals surface area contributed by atoms with Gasteiger partial charge in [0.15, 0.2) is 0 Å². The molecule has 0 amide bonds. The van der Waals surface area contributed by atoms with Crippen LogP contribution in [0.1, 0.15) is 22.3 Å². The maximum atomic E-state index is 2.32. The average molecular weight is 260 g/mol. The second-order valence-corrected chi connectivity index (χ2v) is 5.40. The third-order valence-electron chi connectivity index (χ3n) is 3.73. The molecule has 0 heterocycles. The summed E-state index contributed by atoms with van der Waals surface area (Å²) < 4.78 is 0. The molecule has 0 unspecified atom stereocenters. The molecule has 0 saturated heterocycles. The van der Waals surface area contributed by atoms with Gasteiger partial charge in [-0.3, -0.25) is 0 Å². The van der Waals surface area contributed by atoms with E-state index in [0.717, 1.165) is 25.7 Å². The first kappa shape index (κ1) is 12.9. The van der Waals surface area contributed by atoms with Gasteiger partial charge in [0.1, 0.15) is 0 Å². The van der Waals surface area contributed by atoms with Gasteiger partial charge in [-0.2, -0.15) is 0 Å². The standard InChI is InChI=1S/C20H20/c1-2-8-18-12-6-14-20(16-18)10-4-3-9-19-13-5-11-17(7-1)15-19/h1-6,11-16H,7-10H2/b2-1-,4-3-. The summed E-state index contributed by atoms with van der Waals surface area (Å²) in [6, 6.07) is 17.8. The van der Waals surface area contributed by atoms with Gasteiger partial charge in [0.25, 0.3) is 0 Å². The number of fused-ring (bicyclic) bond motifs is 4. The average Bonchev–Trinajstić information content (AvgIpc) is 2.48. The summed E-state index contributed by atoms with van der Waals surface area (Å²) in [5.41, 5.74) is 5.60. The van der Waals surface area contributed by atoms with Crippen LogP contribution in [-0.4, -0.2) is 0 Å². The van der Waals surface area contributed by atoms with Crippen LogP contribution in [0.25, 0.3) is 0 Å². The van der Waals surface area contributed by atoms with E-state index in [1.165, 1.54) is 22.3 Å². The topological polar surface area (TPSA) is 0 Å². The highest BCUT2D eigenvalue weighted by atomic mass is 14.0. The van der Waals surface area contributed by atoms with Crippen LogP contribution in [0.15, 0.2) is 72.8 Å². The minimum atomic E-state index is 1.03. The smallest absolute Gasteiger partial charge is 0.00972 e. The molecule has 0 N–H and O–H groups in total. The van der Waals surface area contributed by atoms with Gasteiger partial charge >= 0.3 is 0 Å². The zero-order valence-electron chi connectivity index (χ0n) is 11.8. The first-order chi connectivity index (χ1) is 9.90. The first-order valence-electron chi connectivity index (χ1n) is 7.36. The van der Waals surface area contributed by atoms with E-state index in [0.29, 0.717) is 0 Å². The van der Waals surface area contributed by atoms with Crippen LogP contribution in [0.2, 0.25) is 0 Å². The molecule has 0 aromatic heterocycles. The Labute approximate surface area is 121 Å². The second-order valence-electron chi connectivity index (χ2n) is 5.40. The first-order valence-corrected chi connectivity index (χ1v) is 7.36. The van der Waals surface area contributed by atoms with E-state index >= 15 is 0 Å². The molecule has 0 fully saturated rings. The Hall–Kier alpha value is -2.08. The molecule has 0 spiro atoms. The summed E-state index contributed by atoms with van der Waals surface area (Å²) in [7, 11) is 0. The Morgan fingerprint density at radius 2 is 0.750 bits per heavy atom. The van der Waals surface area contributed by atoms with E-state index in [1.807, 2.05) is 0 Å². The normalized spacial score (nSPS) is 18.0. The fourth-order valence-corrected chi connectivity index (χ4v) is 2.64. The third kappa shape index (κ3) is 3.48. The molecule has 1 aliphatic carbocycles. The molecule has 100 valence electrons.